The molecule has 1 aliphatic heterocycles. The van der Waals surface area contributed by atoms with E-state index >= 15 is 0 Å². The van der Waals surface area contributed by atoms with Gasteiger partial charge in [0.25, 0.3) is 0 Å². The molecule has 1 atom stereocenters. The second kappa shape index (κ2) is 6.02. The number of hydrogen-bond donors (Lipinski definition) is 1. The largest absolute Gasteiger partial charge is 0.494 e. The van der Waals surface area contributed by atoms with E-state index < -0.39 is 0 Å². The zero-order valence-electron chi connectivity index (χ0n) is 10.6. The van der Waals surface area contributed by atoms with Crippen molar-refractivity contribution in [3.63, 3.8) is 0 Å². The van der Waals surface area contributed by atoms with E-state index in [0.29, 0.717) is 6.61 Å². The smallest absolute Gasteiger partial charge is 0.146 e. The molecule has 1 N–H and O–H groups in total. The Balaban J connectivity index is 2.18. The van der Waals surface area contributed by atoms with Crippen molar-refractivity contribution in [2.75, 3.05) is 32.8 Å². The molecule has 1 aliphatic rings. The van der Waals surface area contributed by atoms with Crippen molar-refractivity contribution in [2.24, 2.45) is 5.92 Å². The minimum Gasteiger partial charge on any atom is -0.494 e. The maximum absolute atomic E-state index is 5.41. The Labute approximate surface area is 112 Å². The quantitative estimate of drug-likeness (QED) is 0.849. The lowest BCUT2D eigenvalue weighted by atomic mass is 10.1. The minimum atomic E-state index is 0.273. The van der Waals surface area contributed by atoms with E-state index in [0.717, 1.165) is 35.2 Å². The maximum atomic E-state index is 5.41. The van der Waals surface area contributed by atoms with Gasteiger partial charge >= 0.3 is 0 Å². The summed E-state index contributed by atoms with van der Waals surface area (Å²) in [5.41, 5.74) is 0.777. The zero-order chi connectivity index (χ0) is 13.0. The number of anilines is 1. The lowest BCUT2D eigenvalue weighted by Crippen LogP contribution is -2.21. The van der Waals surface area contributed by atoms with Crippen molar-refractivity contribution in [3.8, 4) is 11.5 Å². The highest BCUT2D eigenvalue weighted by molar-refractivity contribution is 7.80. The molecule has 18 heavy (non-hydrogen) atoms. The molecule has 98 valence electrons. The summed E-state index contributed by atoms with van der Waals surface area (Å²) < 4.78 is 16.0. The molecule has 0 spiro atoms. The molecule has 0 aromatic heterocycles. The van der Waals surface area contributed by atoms with Gasteiger partial charge in [0.2, 0.25) is 0 Å². The lowest BCUT2D eigenvalue weighted by molar-refractivity contribution is 0.193. The Morgan fingerprint density at radius 3 is 2.50 bits per heavy atom. The third-order valence-electron chi connectivity index (χ3n) is 2.98. The number of ether oxygens (including phenoxy) is 3. The van der Waals surface area contributed by atoms with Crippen molar-refractivity contribution in [2.45, 2.75) is 6.42 Å². The molecule has 1 saturated heterocycles. The molecule has 5 heteroatoms. The molecule has 1 aromatic carbocycles. The highest BCUT2D eigenvalue weighted by atomic mass is 32.1. The van der Waals surface area contributed by atoms with Crippen LogP contribution in [0, 0.1) is 5.92 Å². The van der Waals surface area contributed by atoms with Crippen molar-refractivity contribution in [1.82, 2.24) is 0 Å². The first-order valence-corrected chi connectivity index (χ1v) is 6.26. The average molecular weight is 267 g/mol. The molecule has 0 amide bonds. The van der Waals surface area contributed by atoms with Gasteiger partial charge in [-0.15, -0.1) is 0 Å². The van der Waals surface area contributed by atoms with Gasteiger partial charge in [-0.25, -0.2) is 0 Å². The predicted octanol–water partition coefficient (Wildman–Crippen LogP) is 2.48. The molecule has 1 fully saturated rings. The van der Waals surface area contributed by atoms with Gasteiger partial charge in [0.1, 0.15) is 17.2 Å². The average Bonchev–Trinajstić information content (AvgIpc) is 2.93. The van der Waals surface area contributed by atoms with Crippen LogP contribution in [-0.2, 0) is 4.74 Å². The molecule has 0 aliphatic carbocycles. The van der Waals surface area contributed by atoms with Crippen LogP contribution in [0.15, 0.2) is 18.2 Å². The number of benzene rings is 1. The van der Waals surface area contributed by atoms with Crippen LogP contribution >= 0.6 is 12.2 Å². The van der Waals surface area contributed by atoms with Gasteiger partial charge in [-0.2, -0.15) is 0 Å². The summed E-state index contributed by atoms with van der Waals surface area (Å²) in [5, 5.41) is 3.22. The van der Waals surface area contributed by atoms with Crippen LogP contribution in [0.2, 0.25) is 0 Å². The summed E-state index contributed by atoms with van der Waals surface area (Å²) in [5.74, 6) is 1.71. The molecule has 0 radical (unpaired) electrons. The number of thiocarbonyl (C=S) groups is 1. The van der Waals surface area contributed by atoms with Gasteiger partial charge < -0.3 is 19.5 Å². The van der Waals surface area contributed by atoms with E-state index in [1.54, 1.807) is 14.2 Å². The van der Waals surface area contributed by atoms with Gasteiger partial charge in [0.05, 0.1) is 25.8 Å². The second-order valence-corrected chi connectivity index (χ2v) is 4.53. The monoisotopic (exact) mass is 267 g/mol. The molecular weight excluding hydrogens is 250 g/mol. The summed E-state index contributed by atoms with van der Waals surface area (Å²) in [6.07, 6.45) is 0.962. The summed E-state index contributed by atoms with van der Waals surface area (Å²) >= 11 is 5.41. The highest BCUT2D eigenvalue weighted by Crippen LogP contribution is 2.35. The van der Waals surface area contributed by atoms with Gasteiger partial charge in [0.15, 0.2) is 0 Å². The van der Waals surface area contributed by atoms with Crippen molar-refractivity contribution in [1.29, 1.82) is 0 Å². The Hall–Kier alpha value is -1.33. The van der Waals surface area contributed by atoms with Crippen LogP contribution < -0.4 is 14.8 Å². The maximum Gasteiger partial charge on any atom is 0.146 e. The van der Waals surface area contributed by atoms with Crippen LogP contribution in [0.1, 0.15) is 6.42 Å². The number of hydrogen-bond acceptors (Lipinski definition) is 4. The van der Waals surface area contributed by atoms with Crippen molar-refractivity contribution in [3.05, 3.63) is 18.2 Å². The van der Waals surface area contributed by atoms with Gasteiger partial charge in [-0.3, -0.25) is 0 Å². The summed E-state index contributed by atoms with van der Waals surface area (Å²) in [7, 11) is 3.25. The highest BCUT2D eigenvalue weighted by Gasteiger charge is 2.22. The number of methoxy groups -OCH3 is 2. The van der Waals surface area contributed by atoms with Crippen molar-refractivity contribution < 1.29 is 14.2 Å². The molecule has 1 heterocycles. The number of nitrogens with one attached hydrogen (secondary N) is 1. The first-order chi connectivity index (χ1) is 8.76. The Morgan fingerprint density at radius 1 is 1.33 bits per heavy atom. The molecule has 2 rings (SSSR count). The number of para-hydroxylation sites is 1. The van der Waals surface area contributed by atoms with E-state index in [1.165, 1.54) is 0 Å². The predicted molar refractivity (Wildman–Crippen MR) is 74.7 cm³/mol. The summed E-state index contributed by atoms with van der Waals surface area (Å²) in [6, 6.07) is 5.63. The SMILES string of the molecule is COc1cccc(OC)c1NC(=S)[C@H]1CCOC1. The van der Waals surface area contributed by atoms with Crippen molar-refractivity contribution >= 4 is 22.9 Å². The molecule has 0 unspecified atom stereocenters. The number of rotatable bonds is 4. The minimum absolute atomic E-state index is 0.273. The van der Waals surface area contributed by atoms with E-state index in [9.17, 15) is 0 Å². The van der Waals surface area contributed by atoms with Crippen LogP contribution in [0.25, 0.3) is 0 Å². The first-order valence-electron chi connectivity index (χ1n) is 5.86. The second-order valence-electron chi connectivity index (χ2n) is 4.09. The first kappa shape index (κ1) is 13.1. The molecule has 0 bridgehead atoms. The van der Waals surface area contributed by atoms with Crippen LogP contribution in [0.5, 0.6) is 11.5 Å². The van der Waals surface area contributed by atoms with Crippen LogP contribution in [0.3, 0.4) is 0 Å². The fourth-order valence-electron chi connectivity index (χ4n) is 1.94. The summed E-state index contributed by atoms with van der Waals surface area (Å²) in [4.78, 5) is 0.773. The summed E-state index contributed by atoms with van der Waals surface area (Å²) in [6.45, 7) is 1.46. The van der Waals surface area contributed by atoms with E-state index in [1.807, 2.05) is 18.2 Å². The molecular formula is C13H17NO3S. The fraction of sp³-hybridized carbons (Fsp3) is 0.462. The van der Waals surface area contributed by atoms with Crippen LogP contribution in [-0.4, -0.2) is 32.4 Å². The standard InChI is InChI=1S/C13H17NO3S/c1-15-10-4-3-5-11(16-2)12(10)14-13(18)9-6-7-17-8-9/h3-5,9H,6-8H2,1-2H3,(H,14,18)/t9-/m0/s1. The van der Waals surface area contributed by atoms with E-state index in [2.05, 4.69) is 5.32 Å². The van der Waals surface area contributed by atoms with Gasteiger partial charge in [-0.1, -0.05) is 18.3 Å². The molecule has 1 aromatic rings. The Kier molecular flexibility index (Phi) is 4.38. The lowest BCUT2D eigenvalue weighted by Gasteiger charge is -2.17. The Morgan fingerprint density at radius 2 is 2.00 bits per heavy atom. The van der Waals surface area contributed by atoms with E-state index in [-0.39, 0.29) is 5.92 Å². The van der Waals surface area contributed by atoms with Gasteiger partial charge in [0, 0.05) is 12.5 Å². The fourth-order valence-corrected chi connectivity index (χ4v) is 2.23. The topological polar surface area (TPSA) is 39.7 Å². The normalized spacial score (nSPS) is 18.4. The Bertz CT molecular complexity index is 408. The third kappa shape index (κ3) is 2.73. The zero-order valence-corrected chi connectivity index (χ0v) is 11.4. The third-order valence-corrected chi connectivity index (χ3v) is 3.41. The van der Waals surface area contributed by atoms with Gasteiger partial charge in [-0.05, 0) is 18.6 Å². The van der Waals surface area contributed by atoms with E-state index in [4.69, 9.17) is 26.4 Å². The van der Waals surface area contributed by atoms with Crippen LogP contribution in [0.4, 0.5) is 5.69 Å². The molecule has 4 nitrogen and oxygen atoms in total. The molecule has 0 saturated carbocycles.